The highest BCUT2D eigenvalue weighted by atomic mass is 35.5. The molecule has 0 unspecified atom stereocenters. The normalized spacial score (nSPS) is 17.6. The van der Waals surface area contributed by atoms with Crippen LogP contribution in [0.15, 0.2) is 35.0 Å². The lowest BCUT2D eigenvalue weighted by Gasteiger charge is -2.27. The van der Waals surface area contributed by atoms with Crippen molar-refractivity contribution in [3.63, 3.8) is 0 Å². The lowest BCUT2D eigenvalue weighted by Crippen LogP contribution is -2.42. The minimum absolute atomic E-state index is 0.306. The molecule has 19 heavy (non-hydrogen) atoms. The van der Waals surface area contributed by atoms with Gasteiger partial charge < -0.3 is 10.2 Å². The zero-order chi connectivity index (χ0) is 13.9. The highest BCUT2D eigenvalue weighted by Crippen LogP contribution is 2.10. The Labute approximate surface area is 116 Å². The fourth-order valence-electron chi connectivity index (χ4n) is 1.59. The van der Waals surface area contributed by atoms with E-state index in [9.17, 15) is 8.42 Å². The van der Waals surface area contributed by atoms with E-state index in [1.54, 1.807) is 23.4 Å². The van der Waals surface area contributed by atoms with Crippen molar-refractivity contribution < 1.29 is 8.42 Å². The third-order valence-electron chi connectivity index (χ3n) is 2.37. The highest BCUT2D eigenvalue weighted by Gasteiger charge is 2.15. The van der Waals surface area contributed by atoms with Crippen molar-refractivity contribution in [1.82, 2.24) is 15.2 Å². The van der Waals surface area contributed by atoms with E-state index in [2.05, 4.69) is 14.7 Å². The van der Waals surface area contributed by atoms with Gasteiger partial charge in [-0.05, 0) is 17.7 Å². The molecule has 2 heterocycles. The Balaban J connectivity index is 2.19. The summed E-state index contributed by atoms with van der Waals surface area (Å²) >= 11 is 5.72. The predicted octanol–water partition coefficient (Wildman–Crippen LogP) is 0.969. The van der Waals surface area contributed by atoms with Gasteiger partial charge in [-0.3, -0.25) is 0 Å². The number of halogens is 1. The van der Waals surface area contributed by atoms with Crippen LogP contribution in [0.5, 0.6) is 0 Å². The average Bonchev–Trinajstić information content (AvgIpc) is 2.33. The van der Waals surface area contributed by atoms with Gasteiger partial charge in [-0.1, -0.05) is 17.7 Å². The van der Waals surface area contributed by atoms with Gasteiger partial charge in [0.05, 0.1) is 6.26 Å². The average molecular weight is 301 g/mol. The molecule has 1 N–H and O–H groups in total. The SMILES string of the molecule is CS(=O)(=O)N=C1NC=CCN1Cc1ccc(Cl)nc1. The molecule has 1 aromatic rings. The standard InChI is InChI=1S/C11H13ClN4O2S/c1-19(17,18)15-11-13-5-2-6-16(11)8-9-3-4-10(12)14-7-9/h2-5,7H,6,8H2,1H3,(H,13,15). The lowest BCUT2D eigenvalue weighted by atomic mass is 10.2. The van der Waals surface area contributed by atoms with Crippen molar-refractivity contribution in [1.29, 1.82) is 0 Å². The minimum atomic E-state index is -3.44. The Bertz CT molecular complexity index is 610. The smallest absolute Gasteiger partial charge is 0.253 e. The molecular formula is C11H13ClN4O2S. The molecule has 0 fully saturated rings. The Hall–Kier alpha value is -1.60. The van der Waals surface area contributed by atoms with Crippen molar-refractivity contribution in [2.45, 2.75) is 6.54 Å². The minimum Gasteiger partial charge on any atom is -0.334 e. The Kier molecular flexibility index (Phi) is 4.06. The van der Waals surface area contributed by atoms with Crippen LogP contribution in [-0.4, -0.2) is 37.1 Å². The molecule has 102 valence electrons. The third kappa shape index (κ3) is 4.22. The molecule has 0 spiro atoms. The molecule has 0 saturated carbocycles. The van der Waals surface area contributed by atoms with Crippen LogP contribution >= 0.6 is 11.6 Å². The number of rotatable bonds is 3. The van der Waals surface area contributed by atoms with E-state index in [-0.39, 0.29) is 0 Å². The molecule has 8 heteroatoms. The third-order valence-corrected chi connectivity index (χ3v) is 3.10. The molecule has 1 aromatic heterocycles. The molecule has 0 aliphatic carbocycles. The van der Waals surface area contributed by atoms with Gasteiger partial charge in [0.25, 0.3) is 10.0 Å². The Morgan fingerprint density at radius 2 is 2.32 bits per heavy atom. The summed E-state index contributed by atoms with van der Waals surface area (Å²) in [6, 6.07) is 3.53. The summed E-state index contributed by atoms with van der Waals surface area (Å²) in [7, 11) is -3.44. The van der Waals surface area contributed by atoms with Crippen molar-refractivity contribution >= 4 is 27.6 Å². The molecular weight excluding hydrogens is 288 g/mol. The number of aromatic nitrogens is 1. The molecule has 0 atom stereocenters. The van der Waals surface area contributed by atoms with Crippen molar-refractivity contribution in [2.75, 3.05) is 12.8 Å². The van der Waals surface area contributed by atoms with E-state index in [1.807, 2.05) is 12.1 Å². The molecule has 6 nitrogen and oxygen atoms in total. The maximum Gasteiger partial charge on any atom is 0.253 e. The second-order valence-corrected chi connectivity index (χ2v) is 6.10. The predicted molar refractivity (Wildman–Crippen MR) is 74.2 cm³/mol. The Morgan fingerprint density at radius 3 is 2.95 bits per heavy atom. The molecule has 1 aliphatic rings. The van der Waals surface area contributed by atoms with E-state index in [1.165, 1.54) is 0 Å². The first-order chi connectivity index (χ1) is 8.94. The van der Waals surface area contributed by atoms with E-state index >= 15 is 0 Å². The fourth-order valence-corrected chi connectivity index (χ4v) is 2.19. The first-order valence-electron chi connectivity index (χ1n) is 5.51. The summed E-state index contributed by atoms with van der Waals surface area (Å²) in [6.07, 6.45) is 6.26. The fraction of sp³-hybridized carbons (Fsp3) is 0.273. The zero-order valence-electron chi connectivity index (χ0n) is 10.2. The molecule has 0 amide bonds. The van der Waals surface area contributed by atoms with Gasteiger partial charge >= 0.3 is 0 Å². The summed E-state index contributed by atoms with van der Waals surface area (Å²) in [6.45, 7) is 1.07. The number of sulfonamides is 1. The van der Waals surface area contributed by atoms with Crippen LogP contribution in [0.1, 0.15) is 5.56 Å². The zero-order valence-corrected chi connectivity index (χ0v) is 11.8. The first kappa shape index (κ1) is 13.8. The van der Waals surface area contributed by atoms with Crippen LogP contribution < -0.4 is 5.32 Å². The first-order valence-corrected chi connectivity index (χ1v) is 7.73. The number of hydrogen-bond donors (Lipinski definition) is 1. The maximum absolute atomic E-state index is 11.2. The molecule has 0 saturated heterocycles. The number of pyridine rings is 1. The molecule has 0 aromatic carbocycles. The maximum atomic E-state index is 11.2. The Morgan fingerprint density at radius 1 is 1.53 bits per heavy atom. The topological polar surface area (TPSA) is 74.7 Å². The van der Waals surface area contributed by atoms with Crippen molar-refractivity contribution in [3.8, 4) is 0 Å². The van der Waals surface area contributed by atoms with Crippen LogP contribution in [0.25, 0.3) is 0 Å². The number of guanidine groups is 1. The van der Waals surface area contributed by atoms with Crippen LogP contribution in [-0.2, 0) is 16.6 Å². The van der Waals surface area contributed by atoms with Gasteiger partial charge in [0.1, 0.15) is 5.15 Å². The van der Waals surface area contributed by atoms with E-state index < -0.39 is 10.0 Å². The van der Waals surface area contributed by atoms with Gasteiger partial charge in [-0.25, -0.2) is 13.4 Å². The van der Waals surface area contributed by atoms with E-state index in [0.29, 0.717) is 24.2 Å². The van der Waals surface area contributed by atoms with Crippen LogP contribution in [0, 0.1) is 0 Å². The summed E-state index contributed by atoms with van der Waals surface area (Å²) in [5.74, 6) is 0.306. The van der Waals surface area contributed by atoms with E-state index in [4.69, 9.17) is 11.6 Å². The van der Waals surface area contributed by atoms with Crippen LogP contribution in [0.4, 0.5) is 0 Å². The van der Waals surface area contributed by atoms with Gasteiger partial charge in [0, 0.05) is 25.5 Å². The largest absolute Gasteiger partial charge is 0.334 e. The second-order valence-electron chi connectivity index (χ2n) is 4.06. The number of nitrogens with zero attached hydrogens (tertiary/aromatic N) is 3. The van der Waals surface area contributed by atoms with Gasteiger partial charge in [-0.15, -0.1) is 4.40 Å². The van der Waals surface area contributed by atoms with Gasteiger partial charge in [0.15, 0.2) is 0 Å². The number of hydrogen-bond acceptors (Lipinski definition) is 3. The highest BCUT2D eigenvalue weighted by molar-refractivity contribution is 7.89. The monoisotopic (exact) mass is 300 g/mol. The summed E-state index contributed by atoms with van der Waals surface area (Å²) in [5.41, 5.74) is 0.919. The summed E-state index contributed by atoms with van der Waals surface area (Å²) < 4.78 is 26.1. The van der Waals surface area contributed by atoms with Crippen molar-refractivity contribution in [3.05, 3.63) is 41.3 Å². The second kappa shape index (κ2) is 5.58. The molecule has 1 aliphatic heterocycles. The summed E-state index contributed by atoms with van der Waals surface area (Å²) in [4.78, 5) is 5.78. The summed E-state index contributed by atoms with van der Waals surface area (Å²) in [5, 5.41) is 3.25. The van der Waals surface area contributed by atoms with Gasteiger partial charge in [-0.2, -0.15) is 0 Å². The van der Waals surface area contributed by atoms with E-state index in [0.717, 1.165) is 11.8 Å². The van der Waals surface area contributed by atoms with Crippen LogP contribution in [0.3, 0.4) is 0 Å². The lowest BCUT2D eigenvalue weighted by molar-refractivity contribution is 0.435. The quantitative estimate of drug-likeness (QED) is 0.842. The van der Waals surface area contributed by atoms with Crippen molar-refractivity contribution in [2.24, 2.45) is 4.40 Å². The molecule has 2 rings (SSSR count). The number of nitrogens with one attached hydrogen (secondary N) is 1. The van der Waals surface area contributed by atoms with Gasteiger partial charge in [0.2, 0.25) is 5.96 Å². The van der Waals surface area contributed by atoms with Crippen LogP contribution in [0.2, 0.25) is 5.15 Å². The molecule has 0 radical (unpaired) electrons. The molecule has 0 bridgehead atoms.